The zero-order valence-corrected chi connectivity index (χ0v) is 10.1. The predicted molar refractivity (Wildman–Crippen MR) is 64.2 cm³/mol. The van der Waals surface area contributed by atoms with Gasteiger partial charge in [0.25, 0.3) is 0 Å². The average Bonchev–Trinajstić information content (AvgIpc) is 2.36. The van der Waals surface area contributed by atoms with E-state index in [0.717, 1.165) is 5.56 Å². The van der Waals surface area contributed by atoms with Crippen LogP contribution in [-0.2, 0) is 16.1 Å². The monoisotopic (exact) mass is 235 g/mol. The summed E-state index contributed by atoms with van der Waals surface area (Å²) in [6.45, 7) is 3.82. The van der Waals surface area contributed by atoms with Crippen LogP contribution in [0.2, 0.25) is 0 Å². The van der Waals surface area contributed by atoms with Crippen LogP contribution in [0.5, 0.6) is 0 Å². The molecule has 1 aromatic carbocycles. The Labute approximate surface area is 101 Å². The summed E-state index contributed by atoms with van der Waals surface area (Å²) in [6, 6.07) is 9.31. The zero-order valence-electron chi connectivity index (χ0n) is 10.1. The van der Waals surface area contributed by atoms with Crippen LogP contribution in [0, 0.1) is 5.92 Å². The molecule has 1 atom stereocenters. The van der Waals surface area contributed by atoms with Gasteiger partial charge in [-0.3, -0.25) is 10.1 Å². The van der Waals surface area contributed by atoms with Gasteiger partial charge < -0.3 is 4.74 Å². The lowest BCUT2D eigenvalue weighted by molar-refractivity contribution is -0.123. The molecule has 0 spiro atoms. The van der Waals surface area contributed by atoms with Gasteiger partial charge in [-0.25, -0.2) is 4.79 Å². The summed E-state index contributed by atoms with van der Waals surface area (Å²) in [5, 5.41) is 2.20. The Morgan fingerprint density at radius 3 is 2.53 bits per heavy atom. The Morgan fingerprint density at radius 1 is 1.29 bits per heavy atom. The third kappa shape index (κ3) is 4.68. The van der Waals surface area contributed by atoms with Crippen molar-refractivity contribution in [3.8, 4) is 0 Å². The molecule has 17 heavy (non-hydrogen) atoms. The number of benzene rings is 1. The molecule has 1 N–H and O–H groups in total. The van der Waals surface area contributed by atoms with E-state index >= 15 is 0 Å². The maximum atomic E-state index is 11.4. The minimum Gasteiger partial charge on any atom is -0.444 e. The molecule has 0 aromatic heterocycles. The molecule has 0 saturated carbocycles. The van der Waals surface area contributed by atoms with Crippen LogP contribution in [0.25, 0.3) is 0 Å². The van der Waals surface area contributed by atoms with E-state index in [4.69, 9.17) is 4.74 Å². The standard InChI is InChI=1S/C13H17NO3/c1-3-10(2)12(15)14-13(16)17-9-11-7-5-4-6-8-11/h4-8,10H,3,9H2,1-2H3,(H,14,15,16). The molecule has 0 bridgehead atoms. The quantitative estimate of drug-likeness (QED) is 0.872. The summed E-state index contributed by atoms with van der Waals surface area (Å²) in [5.74, 6) is -0.482. The van der Waals surface area contributed by atoms with E-state index in [-0.39, 0.29) is 18.4 Å². The number of rotatable bonds is 4. The fourth-order valence-electron chi connectivity index (χ4n) is 1.17. The third-order valence-corrected chi connectivity index (χ3v) is 2.50. The molecule has 0 fully saturated rings. The first-order valence-corrected chi connectivity index (χ1v) is 5.65. The lowest BCUT2D eigenvalue weighted by atomic mass is 10.1. The topological polar surface area (TPSA) is 55.4 Å². The summed E-state index contributed by atoms with van der Waals surface area (Å²) in [5.41, 5.74) is 0.888. The highest BCUT2D eigenvalue weighted by atomic mass is 16.5. The average molecular weight is 235 g/mol. The molecular weight excluding hydrogens is 218 g/mol. The first-order chi connectivity index (χ1) is 8.13. The summed E-state index contributed by atoms with van der Waals surface area (Å²) in [7, 11) is 0. The van der Waals surface area contributed by atoms with Crippen molar-refractivity contribution in [2.24, 2.45) is 5.92 Å². The smallest absolute Gasteiger partial charge is 0.414 e. The Kier molecular flexibility index (Phi) is 5.20. The van der Waals surface area contributed by atoms with E-state index in [0.29, 0.717) is 6.42 Å². The Balaban J connectivity index is 2.33. The number of hydrogen-bond acceptors (Lipinski definition) is 3. The highest BCUT2D eigenvalue weighted by Gasteiger charge is 2.14. The summed E-state index contributed by atoms with van der Waals surface area (Å²) >= 11 is 0. The van der Waals surface area contributed by atoms with Crippen molar-refractivity contribution in [3.05, 3.63) is 35.9 Å². The van der Waals surface area contributed by atoms with Gasteiger partial charge in [0.05, 0.1) is 0 Å². The molecule has 1 unspecified atom stereocenters. The van der Waals surface area contributed by atoms with Gasteiger partial charge >= 0.3 is 6.09 Å². The van der Waals surface area contributed by atoms with E-state index in [9.17, 15) is 9.59 Å². The molecule has 1 rings (SSSR count). The van der Waals surface area contributed by atoms with Gasteiger partial charge in [0.1, 0.15) is 6.61 Å². The molecular formula is C13H17NO3. The Hall–Kier alpha value is -1.84. The maximum Gasteiger partial charge on any atom is 0.414 e. The lowest BCUT2D eigenvalue weighted by Gasteiger charge is -2.09. The van der Waals surface area contributed by atoms with E-state index in [1.54, 1.807) is 6.92 Å². The fourth-order valence-corrected chi connectivity index (χ4v) is 1.17. The van der Waals surface area contributed by atoms with Crippen molar-refractivity contribution in [2.75, 3.05) is 0 Å². The fraction of sp³-hybridized carbons (Fsp3) is 0.385. The molecule has 4 heteroatoms. The number of imide groups is 1. The van der Waals surface area contributed by atoms with Crippen molar-refractivity contribution in [1.29, 1.82) is 0 Å². The van der Waals surface area contributed by atoms with Gasteiger partial charge in [0, 0.05) is 5.92 Å². The zero-order chi connectivity index (χ0) is 12.7. The van der Waals surface area contributed by atoms with E-state index in [2.05, 4.69) is 5.32 Å². The predicted octanol–water partition coefficient (Wildman–Crippen LogP) is 2.49. The Bertz CT molecular complexity index is 376. The summed E-state index contributed by atoms with van der Waals surface area (Å²) in [4.78, 5) is 22.7. The van der Waals surface area contributed by atoms with Crippen molar-refractivity contribution in [3.63, 3.8) is 0 Å². The van der Waals surface area contributed by atoms with Crippen LogP contribution in [0.4, 0.5) is 4.79 Å². The van der Waals surface area contributed by atoms with Gasteiger partial charge in [0.2, 0.25) is 5.91 Å². The highest BCUT2D eigenvalue weighted by molar-refractivity contribution is 5.92. The van der Waals surface area contributed by atoms with Gasteiger partial charge in [-0.05, 0) is 12.0 Å². The van der Waals surface area contributed by atoms with Gasteiger partial charge in [-0.1, -0.05) is 44.2 Å². The van der Waals surface area contributed by atoms with Crippen LogP contribution in [0.3, 0.4) is 0 Å². The molecule has 0 aliphatic rings. The minimum absolute atomic E-state index is 0.167. The number of nitrogens with one attached hydrogen (secondary N) is 1. The molecule has 0 aliphatic carbocycles. The van der Waals surface area contributed by atoms with E-state index in [1.807, 2.05) is 37.3 Å². The maximum absolute atomic E-state index is 11.4. The number of hydrogen-bond donors (Lipinski definition) is 1. The van der Waals surface area contributed by atoms with Crippen LogP contribution < -0.4 is 5.32 Å². The van der Waals surface area contributed by atoms with Gasteiger partial charge in [0.15, 0.2) is 0 Å². The van der Waals surface area contributed by atoms with Crippen molar-refractivity contribution in [2.45, 2.75) is 26.9 Å². The van der Waals surface area contributed by atoms with E-state index in [1.165, 1.54) is 0 Å². The van der Waals surface area contributed by atoms with E-state index < -0.39 is 6.09 Å². The number of amides is 2. The summed E-state index contributed by atoms with van der Waals surface area (Å²) in [6.07, 6.45) is -0.00297. The molecule has 0 aliphatic heterocycles. The molecule has 0 heterocycles. The van der Waals surface area contributed by atoms with Crippen molar-refractivity contribution < 1.29 is 14.3 Å². The number of carbonyl (C=O) groups is 2. The second-order valence-corrected chi connectivity index (χ2v) is 3.86. The largest absolute Gasteiger partial charge is 0.444 e. The Morgan fingerprint density at radius 2 is 1.94 bits per heavy atom. The number of ether oxygens (including phenoxy) is 1. The van der Waals surface area contributed by atoms with Crippen LogP contribution in [0.15, 0.2) is 30.3 Å². The van der Waals surface area contributed by atoms with Crippen LogP contribution >= 0.6 is 0 Å². The first kappa shape index (κ1) is 13.2. The molecule has 0 saturated heterocycles. The number of alkyl carbamates (subject to hydrolysis) is 1. The SMILES string of the molecule is CCC(C)C(=O)NC(=O)OCc1ccccc1. The molecule has 92 valence electrons. The number of carbonyl (C=O) groups excluding carboxylic acids is 2. The molecule has 2 amide bonds. The first-order valence-electron chi connectivity index (χ1n) is 5.65. The second-order valence-electron chi connectivity index (χ2n) is 3.86. The van der Waals surface area contributed by atoms with Crippen LogP contribution in [0.1, 0.15) is 25.8 Å². The normalized spacial score (nSPS) is 11.6. The minimum atomic E-state index is -0.695. The second kappa shape index (κ2) is 6.68. The molecule has 4 nitrogen and oxygen atoms in total. The lowest BCUT2D eigenvalue weighted by Crippen LogP contribution is -2.34. The van der Waals surface area contributed by atoms with Gasteiger partial charge in [-0.2, -0.15) is 0 Å². The van der Waals surface area contributed by atoms with Crippen molar-refractivity contribution in [1.82, 2.24) is 5.32 Å². The molecule has 1 aromatic rings. The van der Waals surface area contributed by atoms with Gasteiger partial charge in [-0.15, -0.1) is 0 Å². The third-order valence-electron chi connectivity index (χ3n) is 2.50. The highest BCUT2D eigenvalue weighted by Crippen LogP contribution is 2.02. The molecule has 0 radical (unpaired) electrons. The van der Waals surface area contributed by atoms with Crippen molar-refractivity contribution >= 4 is 12.0 Å². The summed E-state index contributed by atoms with van der Waals surface area (Å²) < 4.78 is 4.92. The van der Waals surface area contributed by atoms with Crippen LogP contribution in [-0.4, -0.2) is 12.0 Å².